The summed E-state index contributed by atoms with van der Waals surface area (Å²) >= 11 is 1.38. The van der Waals surface area contributed by atoms with E-state index in [1.807, 2.05) is 12.3 Å². The van der Waals surface area contributed by atoms with Crippen molar-refractivity contribution in [2.24, 2.45) is 0 Å². The van der Waals surface area contributed by atoms with Gasteiger partial charge >= 0.3 is 0 Å². The van der Waals surface area contributed by atoms with E-state index in [-0.39, 0.29) is 35.7 Å². The first kappa shape index (κ1) is 13.6. The zero-order valence-electron chi connectivity index (χ0n) is 11.0. The number of thiazole rings is 1. The smallest absolute Gasteiger partial charge is 0.152 e. The minimum atomic E-state index is -3.00. The molecule has 1 aromatic heterocycles. The summed E-state index contributed by atoms with van der Waals surface area (Å²) in [5, 5.41) is 20.8. The monoisotopic (exact) mass is 313 g/mol. The number of sulfone groups is 1. The maximum Gasteiger partial charge on any atom is 0.152 e. The van der Waals surface area contributed by atoms with Gasteiger partial charge in [-0.3, -0.25) is 5.41 Å². The lowest BCUT2D eigenvalue weighted by atomic mass is 10.2. The van der Waals surface area contributed by atoms with Gasteiger partial charge in [0, 0.05) is 17.1 Å². The van der Waals surface area contributed by atoms with E-state index in [1.54, 1.807) is 4.90 Å². The van der Waals surface area contributed by atoms with Crippen LogP contribution < -0.4 is 0 Å². The van der Waals surface area contributed by atoms with Crippen molar-refractivity contribution in [3.05, 3.63) is 21.8 Å². The fourth-order valence-electron chi connectivity index (χ4n) is 2.63. The Hall–Kier alpha value is -1.41. The molecule has 0 saturated carbocycles. The summed E-state index contributed by atoms with van der Waals surface area (Å²) < 4.78 is 23.1. The molecule has 1 fully saturated rings. The largest absolute Gasteiger partial charge is 0.510 e. The van der Waals surface area contributed by atoms with Crippen LogP contribution in [0.2, 0.25) is 0 Å². The summed E-state index contributed by atoms with van der Waals surface area (Å²) in [5.74, 6) is 0.508. The lowest BCUT2D eigenvalue weighted by Crippen LogP contribution is -2.38. The van der Waals surface area contributed by atoms with Crippen LogP contribution in [0, 0.1) is 12.3 Å². The standard InChI is InChI=1S/C12H15N3O3S2/c1-7-5-19-12(14-7)10-9(16)4-15(11(10)13)8-2-3-20(17,18)6-8/h5,8,13,16H,2-4,6H2,1H3. The van der Waals surface area contributed by atoms with Crippen molar-refractivity contribution in [2.45, 2.75) is 19.4 Å². The van der Waals surface area contributed by atoms with Gasteiger partial charge in [-0.15, -0.1) is 11.3 Å². The average molecular weight is 313 g/mol. The number of nitrogens with zero attached hydrogens (tertiary/aromatic N) is 2. The van der Waals surface area contributed by atoms with E-state index in [4.69, 9.17) is 5.41 Å². The van der Waals surface area contributed by atoms with Crippen molar-refractivity contribution in [3.63, 3.8) is 0 Å². The lowest BCUT2D eigenvalue weighted by Gasteiger charge is -2.24. The summed E-state index contributed by atoms with van der Waals surface area (Å²) in [6, 6.07) is -0.215. The molecule has 2 aliphatic heterocycles. The van der Waals surface area contributed by atoms with Crippen LogP contribution in [0.3, 0.4) is 0 Å². The fraction of sp³-hybridized carbons (Fsp3) is 0.500. The Balaban J connectivity index is 1.86. The molecule has 1 saturated heterocycles. The van der Waals surface area contributed by atoms with Gasteiger partial charge in [-0.1, -0.05) is 0 Å². The van der Waals surface area contributed by atoms with Gasteiger partial charge in [0.2, 0.25) is 0 Å². The van der Waals surface area contributed by atoms with Gasteiger partial charge in [-0.25, -0.2) is 13.4 Å². The summed E-state index contributed by atoms with van der Waals surface area (Å²) in [6.07, 6.45) is 0.516. The maximum atomic E-state index is 11.6. The van der Waals surface area contributed by atoms with Gasteiger partial charge in [0.1, 0.15) is 16.6 Å². The van der Waals surface area contributed by atoms with Crippen LogP contribution in [-0.4, -0.2) is 53.3 Å². The molecule has 6 nitrogen and oxygen atoms in total. The van der Waals surface area contributed by atoms with Crippen molar-refractivity contribution in [1.29, 1.82) is 5.41 Å². The molecule has 1 atom stereocenters. The first-order chi connectivity index (χ1) is 9.37. The van der Waals surface area contributed by atoms with E-state index in [2.05, 4.69) is 4.98 Å². The van der Waals surface area contributed by atoms with Crippen molar-refractivity contribution in [1.82, 2.24) is 9.88 Å². The second-order valence-corrected chi connectivity index (χ2v) is 8.24. The van der Waals surface area contributed by atoms with Crippen LogP contribution in [0.25, 0.3) is 5.57 Å². The number of aryl methyl sites for hydroxylation is 1. The third-order valence-electron chi connectivity index (χ3n) is 3.61. The number of rotatable bonds is 2. The first-order valence-corrected chi connectivity index (χ1v) is 8.98. The Kier molecular flexibility index (Phi) is 3.09. The molecule has 0 aromatic carbocycles. The highest BCUT2D eigenvalue weighted by Gasteiger charge is 2.39. The topological polar surface area (TPSA) is 94.4 Å². The second-order valence-electron chi connectivity index (χ2n) is 5.15. The zero-order chi connectivity index (χ0) is 14.5. The molecular formula is C12H15N3O3S2. The molecule has 1 aromatic rings. The Morgan fingerprint density at radius 1 is 1.55 bits per heavy atom. The minimum Gasteiger partial charge on any atom is -0.510 e. The van der Waals surface area contributed by atoms with Crippen LogP contribution in [0.1, 0.15) is 17.1 Å². The van der Waals surface area contributed by atoms with Crippen LogP contribution >= 0.6 is 11.3 Å². The van der Waals surface area contributed by atoms with Crippen molar-refractivity contribution in [3.8, 4) is 0 Å². The molecule has 0 bridgehead atoms. The van der Waals surface area contributed by atoms with E-state index in [9.17, 15) is 13.5 Å². The summed E-state index contributed by atoms with van der Waals surface area (Å²) in [7, 11) is -3.00. The molecule has 2 N–H and O–H groups in total. The van der Waals surface area contributed by atoms with Crippen molar-refractivity contribution >= 4 is 32.6 Å². The first-order valence-electron chi connectivity index (χ1n) is 6.28. The molecule has 0 radical (unpaired) electrons. The van der Waals surface area contributed by atoms with E-state index in [0.717, 1.165) is 5.69 Å². The number of aliphatic hydroxyl groups excluding tert-OH is 1. The predicted octanol–water partition coefficient (Wildman–Crippen LogP) is 1.20. The van der Waals surface area contributed by atoms with Crippen LogP contribution in [-0.2, 0) is 9.84 Å². The van der Waals surface area contributed by atoms with Gasteiger partial charge in [-0.05, 0) is 13.3 Å². The second kappa shape index (κ2) is 4.56. The van der Waals surface area contributed by atoms with E-state index >= 15 is 0 Å². The highest BCUT2D eigenvalue weighted by atomic mass is 32.2. The number of hydrogen-bond acceptors (Lipinski definition) is 6. The van der Waals surface area contributed by atoms with Gasteiger partial charge in [0.05, 0.1) is 23.6 Å². The SMILES string of the molecule is Cc1csc(C2=C(O)CN(C3CCS(=O)(=O)C3)C2=N)n1. The lowest BCUT2D eigenvalue weighted by molar-refractivity contribution is 0.309. The summed E-state index contributed by atoms with van der Waals surface area (Å²) in [4.78, 5) is 5.97. The van der Waals surface area contributed by atoms with Crippen LogP contribution in [0.15, 0.2) is 11.1 Å². The number of amidine groups is 1. The van der Waals surface area contributed by atoms with Crippen LogP contribution in [0.4, 0.5) is 0 Å². The van der Waals surface area contributed by atoms with Gasteiger partial charge < -0.3 is 10.0 Å². The van der Waals surface area contributed by atoms with Crippen molar-refractivity contribution in [2.75, 3.05) is 18.1 Å². The molecule has 20 heavy (non-hydrogen) atoms. The average Bonchev–Trinajstić information content (AvgIpc) is 2.99. The molecule has 0 amide bonds. The van der Waals surface area contributed by atoms with E-state index < -0.39 is 9.84 Å². The van der Waals surface area contributed by atoms with E-state index in [1.165, 1.54) is 11.3 Å². The Morgan fingerprint density at radius 2 is 2.30 bits per heavy atom. The maximum absolute atomic E-state index is 11.6. The summed E-state index contributed by atoms with van der Waals surface area (Å²) in [6.45, 7) is 2.06. The summed E-state index contributed by atoms with van der Waals surface area (Å²) in [5.41, 5.74) is 1.28. The number of hydrogen-bond donors (Lipinski definition) is 2. The number of aromatic nitrogens is 1. The number of nitrogens with one attached hydrogen (secondary N) is 1. The highest BCUT2D eigenvalue weighted by Crippen LogP contribution is 2.32. The number of aliphatic hydroxyl groups is 1. The van der Waals surface area contributed by atoms with Crippen LogP contribution in [0.5, 0.6) is 0 Å². The Labute approximate surface area is 121 Å². The Morgan fingerprint density at radius 3 is 2.85 bits per heavy atom. The molecule has 0 aliphatic carbocycles. The zero-order valence-corrected chi connectivity index (χ0v) is 12.6. The molecule has 8 heteroatoms. The molecule has 1 unspecified atom stereocenters. The van der Waals surface area contributed by atoms with Gasteiger partial charge in [0.25, 0.3) is 0 Å². The highest BCUT2D eigenvalue weighted by molar-refractivity contribution is 7.91. The molecule has 3 rings (SSSR count). The van der Waals surface area contributed by atoms with E-state index in [0.29, 0.717) is 17.0 Å². The molecule has 0 spiro atoms. The van der Waals surface area contributed by atoms with Gasteiger partial charge in [-0.2, -0.15) is 0 Å². The van der Waals surface area contributed by atoms with Gasteiger partial charge in [0.15, 0.2) is 9.84 Å². The Bertz CT molecular complexity index is 705. The third kappa shape index (κ3) is 2.22. The third-order valence-corrected chi connectivity index (χ3v) is 6.34. The normalized spacial score (nSPS) is 25.8. The molecule has 3 heterocycles. The quantitative estimate of drug-likeness (QED) is 0.855. The molecule has 108 valence electrons. The van der Waals surface area contributed by atoms with Crippen molar-refractivity contribution < 1.29 is 13.5 Å². The molecular weight excluding hydrogens is 298 g/mol. The molecule has 2 aliphatic rings. The predicted molar refractivity (Wildman–Crippen MR) is 77.9 cm³/mol. The minimum absolute atomic E-state index is 0.0623. The fourth-order valence-corrected chi connectivity index (χ4v) is 5.22.